The number of aryl methyl sites for hydroxylation is 1. The lowest BCUT2D eigenvalue weighted by Gasteiger charge is -2.38. The van der Waals surface area contributed by atoms with Crippen LogP contribution in [0.1, 0.15) is 56.3 Å². The summed E-state index contributed by atoms with van der Waals surface area (Å²) in [5, 5.41) is 16.5. The van der Waals surface area contributed by atoms with Crippen molar-refractivity contribution < 1.29 is 10.4 Å². The van der Waals surface area contributed by atoms with Gasteiger partial charge in [0.2, 0.25) is 0 Å². The van der Waals surface area contributed by atoms with E-state index in [0.29, 0.717) is 5.75 Å². The van der Waals surface area contributed by atoms with Gasteiger partial charge in [-0.15, -0.1) is 0 Å². The minimum Gasteiger partial charge on any atom is -0.507 e. The van der Waals surface area contributed by atoms with Gasteiger partial charge in [-0.1, -0.05) is 54.0 Å². The molecule has 2 unspecified atom stereocenters. The summed E-state index contributed by atoms with van der Waals surface area (Å²) in [7, 11) is 0. The molecule has 3 nitrogen and oxygen atoms in total. The number of nitrogens with one attached hydrogen (secondary N) is 1. The van der Waals surface area contributed by atoms with E-state index in [4.69, 9.17) is 0 Å². The average Bonchev–Trinajstić information content (AvgIpc) is 2.63. The highest BCUT2D eigenvalue weighted by atomic mass is 79.9. The molecule has 2 aromatic rings. The van der Waals surface area contributed by atoms with E-state index in [1.54, 1.807) is 6.07 Å². The van der Waals surface area contributed by atoms with Crippen molar-refractivity contribution in [2.45, 2.75) is 51.7 Å². The molecule has 2 atom stereocenters. The summed E-state index contributed by atoms with van der Waals surface area (Å²) in [6.07, 6.45) is 5.41. The molecule has 1 heterocycles. The normalized spacial score (nSPS) is 22.6. The summed E-state index contributed by atoms with van der Waals surface area (Å²) >= 11 is 3.54. The summed E-state index contributed by atoms with van der Waals surface area (Å²) in [6, 6.07) is 14.5. The molecule has 0 aromatic heterocycles. The number of aromatic hydroxyl groups is 1. The number of benzene rings is 2. The SMILES string of the molecule is CCCC1(C)NC(c2ccc(CC)cc2)=CC(c2cc(Br)ccc2O)[NH2+]1. The van der Waals surface area contributed by atoms with Gasteiger partial charge in [-0.05, 0) is 42.2 Å². The van der Waals surface area contributed by atoms with Gasteiger partial charge in [-0.2, -0.15) is 0 Å². The van der Waals surface area contributed by atoms with Crippen molar-refractivity contribution in [3.8, 4) is 5.75 Å². The smallest absolute Gasteiger partial charge is 0.167 e. The minimum absolute atomic E-state index is 0.0613. The maximum atomic E-state index is 10.4. The number of quaternary nitrogens is 1. The highest BCUT2D eigenvalue weighted by Gasteiger charge is 2.36. The number of rotatable bonds is 5. The van der Waals surface area contributed by atoms with Crippen molar-refractivity contribution in [2.75, 3.05) is 0 Å². The number of halogens is 1. The highest BCUT2D eigenvalue weighted by molar-refractivity contribution is 9.10. The van der Waals surface area contributed by atoms with Crippen LogP contribution in [-0.2, 0) is 6.42 Å². The zero-order valence-corrected chi connectivity index (χ0v) is 17.3. The highest BCUT2D eigenvalue weighted by Crippen LogP contribution is 2.31. The summed E-state index contributed by atoms with van der Waals surface area (Å²) < 4.78 is 0.983. The molecule has 0 fully saturated rings. The molecule has 1 aliphatic heterocycles. The van der Waals surface area contributed by atoms with E-state index in [1.807, 2.05) is 12.1 Å². The first kappa shape index (κ1) is 19.0. The maximum absolute atomic E-state index is 10.4. The van der Waals surface area contributed by atoms with Crippen LogP contribution in [0.25, 0.3) is 5.70 Å². The molecule has 0 saturated carbocycles. The molecule has 0 amide bonds. The molecule has 4 heteroatoms. The first-order valence-corrected chi connectivity index (χ1v) is 10.2. The summed E-state index contributed by atoms with van der Waals surface area (Å²) in [4.78, 5) is 0. The van der Waals surface area contributed by atoms with Gasteiger partial charge in [0.1, 0.15) is 11.8 Å². The lowest BCUT2D eigenvalue weighted by Crippen LogP contribution is -3.01. The topological polar surface area (TPSA) is 48.9 Å². The first-order chi connectivity index (χ1) is 12.4. The number of nitrogens with two attached hydrogens (primary N) is 1. The van der Waals surface area contributed by atoms with Crippen LogP contribution in [-0.4, -0.2) is 10.8 Å². The molecule has 3 rings (SSSR count). The van der Waals surface area contributed by atoms with Gasteiger partial charge in [0.15, 0.2) is 5.66 Å². The van der Waals surface area contributed by atoms with Crippen molar-refractivity contribution in [1.29, 1.82) is 0 Å². The monoisotopic (exact) mass is 415 g/mol. The Labute approximate surface area is 164 Å². The van der Waals surface area contributed by atoms with Crippen molar-refractivity contribution >= 4 is 21.6 Å². The standard InChI is InChI=1S/C22H27BrN2O/c1-4-12-22(3)24-19(16-8-6-15(5-2)7-9-16)14-20(25-22)18-13-17(23)10-11-21(18)26/h6-11,13-14,20,24-26H,4-5,12H2,1-3H3/p+1. The number of phenols is 1. The van der Waals surface area contributed by atoms with E-state index < -0.39 is 0 Å². The quantitative estimate of drug-likeness (QED) is 0.673. The molecule has 0 bridgehead atoms. The molecular formula is C22H28BrN2O+. The van der Waals surface area contributed by atoms with Gasteiger partial charge in [-0.3, -0.25) is 0 Å². The second-order valence-corrected chi connectivity index (χ2v) is 8.23. The molecule has 1 aliphatic rings. The Hall–Kier alpha value is -1.78. The van der Waals surface area contributed by atoms with Gasteiger partial charge >= 0.3 is 0 Å². The summed E-state index contributed by atoms with van der Waals surface area (Å²) in [5.41, 5.74) is 4.49. The van der Waals surface area contributed by atoms with E-state index in [1.165, 1.54) is 11.1 Å². The third kappa shape index (κ3) is 4.13. The van der Waals surface area contributed by atoms with Gasteiger partial charge in [0, 0.05) is 29.6 Å². The Morgan fingerprint density at radius 3 is 2.54 bits per heavy atom. The largest absolute Gasteiger partial charge is 0.507 e. The fourth-order valence-electron chi connectivity index (χ4n) is 3.74. The predicted octanol–water partition coefficient (Wildman–Crippen LogP) is 4.48. The average molecular weight is 416 g/mol. The van der Waals surface area contributed by atoms with E-state index in [0.717, 1.165) is 35.0 Å². The van der Waals surface area contributed by atoms with Crippen molar-refractivity contribution in [3.63, 3.8) is 0 Å². The van der Waals surface area contributed by atoms with Crippen LogP contribution in [0.5, 0.6) is 5.75 Å². The molecule has 138 valence electrons. The second-order valence-electron chi connectivity index (χ2n) is 7.32. The van der Waals surface area contributed by atoms with Crippen LogP contribution in [0.2, 0.25) is 0 Å². The van der Waals surface area contributed by atoms with Crippen LogP contribution < -0.4 is 10.6 Å². The van der Waals surface area contributed by atoms with Crippen LogP contribution in [0.4, 0.5) is 0 Å². The first-order valence-electron chi connectivity index (χ1n) is 9.38. The van der Waals surface area contributed by atoms with Crippen LogP contribution >= 0.6 is 15.9 Å². The lowest BCUT2D eigenvalue weighted by atomic mass is 9.93. The Bertz CT molecular complexity index is 800. The Morgan fingerprint density at radius 2 is 1.88 bits per heavy atom. The number of hydrogen-bond acceptors (Lipinski definition) is 2. The zero-order valence-electron chi connectivity index (χ0n) is 15.7. The molecule has 4 N–H and O–H groups in total. The minimum atomic E-state index is -0.109. The van der Waals surface area contributed by atoms with Gasteiger partial charge in [0.25, 0.3) is 0 Å². The van der Waals surface area contributed by atoms with Gasteiger partial charge < -0.3 is 15.7 Å². The van der Waals surface area contributed by atoms with Crippen LogP contribution in [0, 0.1) is 0 Å². The Balaban J connectivity index is 2.03. The number of hydrogen-bond donors (Lipinski definition) is 3. The fraction of sp³-hybridized carbons (Fsp3) is 0.364. The fourth-order valence-corrected chi connectivity index (χ4v) is 4.12. The molecular weight excluding hydrogens is 388 g/mol. The summed E-state index contributed by atoms with van der Waals surface area (Å²) in [6.45, 7) is 6.62. The molecule has 2 aromatic carbocycles. The van der Waals surface area contributed by atoms with Crippen LogP contribution in [0.3, 0.4) is 0 Å². The molecule has 0 radical (unpaired) electrons. The molecule has 0 spiro atoms. The van der Waals surface area contributed by atoms with Crippen molar-refractivity contribution in [3.05, 3.63) is 69.7 Å². The van der Waals surface area contributed by atoms with Crippen molar-refractivity contribution in [1.82, 2.24) is 5.32 Å². The van der Waals surface area contributed by atoms with E-state index in [-0.39, 0.29) is 11.7 Å². The van der Waals surface area contributed by atoms with E-state index in [9.17, 15) is 5.11 Å². The van der Waals surface area contributed by atoms with Gasteiger partial charge in [-0.25, -0.2) is 0 Å². The number of phenolic OH excluding ortho intramolecular Hbond substituents is 1. The Kier molecular flexibility index (Phi) is 5.73. The molecule has 0 saturated heterocycles. The van der Waals surface area contributed by atoms with E-state index in [2.05, 4.69) is 77.7 Å². The molecule has 0 aliphatic carbocycles. The van der Waals surface area contributed by atoms with Crippen molar-refractivity contribution in [2.24, 2.45) is 0 Å². The molecule has 26 heavy (non-hydrogen) atoms. The Morgan fingerprint density at radius 1 is 1.15 bits per heavy atom. The second kappa shape index (κ2) is 7.85. The summed E-state index contributed by atoms with van der Waals surface area (Å²) in [5.74, 6) is 0.340. The van der Waals surface area contributed by atoms with Gasteiger partial charge in [0.05, 0.1) is 5.56 Å². The third-order valence-corrected chi connectivity index (χ3v) is 5.60. The third-order valence-electron chi connectivity index (χ3n) is 5.11. The lowest BCUT2D eigenvalue weighted by molar-refractivity contribution is -0.758. The van der Waals surface area contributed by atoms with E-state index >= 15 is 0 Å². The van der Waals surface area contributed by atoms with Crippen LogP contribution in [0.15, 0.2) is 53.0 Å². The predicted molar refractivity (Wildman–Crippen MR) is 111 cm³/mol. The maximum Gasteiger partial charge on any atom is 0.167 e. The zero-order chi connectivity index (χ0) is 18.7.